The molecule has 1 saturated heterocycles. The Hall–Kier alpha value is -0.280. The van der Waals surface area contributed by atoms with Crippen molar-refractivity contribution < 1.29 is 4.57 Å². The van der Waals surface area contributed by atoms with Crippen LogP contribution in [0.15, 0.2) is 29.2 Å². The maximum atomic E-state index is 14.5. The van der Waals surface area contributed by atoms with Gasteiger partial charge in [-0.2, -0.15) is 0 Å². The zero-order valence-electron chi connectivity index (χ0n) is 17.3. The maximum absolute atomic E-state index is 14.5. The van der Waals surface area contributed by atoms with Gasteiger partial charge in [0.2, 0.25) is 7.44 Å². The van der Waals surface area contributed by atoms with Gasteiger partial charge in [0.15, 0.2) is 0 Å². The van der Waals surface area contributed by atoms with Gasteiger partial charge >= 0.3 is 0 Å². The molecule has 1 fully saturated rings. The van der Waals surface area contributed by atoms with Crippen LogP contribution in [0.4, 0.5) is 0 Å². The van der Waals surface area contributed by atoms with Crippen molar-refractivity contribution in [2.75, 3.05) is 0 Å². The molecule has 2 atom stereocenters. The summed E-state index contributed by atoms with van der Waals surface area (Å²) in [5.41, 5.74) is 1.16. The standard InChI is InChI=1S/C20H35N2OPS/c1-14(2)21(15(3)4)24(23)19(20(8,9)22(24)16(5)6)25-18-12-10-17(7)11-13-18/h10-16,19H,1-9H3/t19-,24-/m1/s1. The van der Waals surface area contributed by atoms with Crippen LogP contribution >= 0.6 is 19.2 Å². The Morgan fingerprint density at radius 3 is 1.92 bits per heavy atom. The molecule has 5 heteroatoms. The third-order valence-corrected chi connectivity index (χ3v) is 11.9. The number of benzene rings is 1. The Kier molecular flexibility index (Phi) is 6.21. The minimum Gasteiger partial charge on any atom is -0.287 e. The molecule has 0 bridgehead atoms. The smallest absolute Gasteiger partial charge is 0.232 e. The molecule has 2 rings (SSSR count). The van der Waals surface area contributed by atoms with Crippen LogP contribution in [0.25, 0.3) is 0 Å². The fourth-order valence-electron chi connectivity index (χ4n) is 4.40. The summed E-state index contributed by atoms with van der Waals surface area (Å²) >= 11 is 1.79. The lowest BCUT2D eigenvalue weighted by atomic mass is 10.1. The van der Waals surface area contributed by atoms with Crippen molar-refractivity contribution in [2.24, 2.45) is 0 Å². The van der Waals surface area contributed by atoms with Crippen LogP contribution in [0.3, 0.4) is 0 Å². The van der Waals surface area contributed by atoms with Crippen LogP contribution in [0.2, 0.25) is 0 Å². The molecular weight excluding hydrogens is 347 g/mol. The average molecular weight is 383 g/mol. The summed E-state index contributed by atoms with van der Waals surface area (Å²) in [6.45, 7) is 19.6. The second-order valence-electron chi connectivity index (χ2n) is 8.53. The van der Waals surface area contributed by atoms with Crippen LogP contribution in [0.1, 0.15) is 61.0 Å². The summed E-state index contributed by atoms with van der Waals surface area (Å²) in [6.07, 6.45) is 0. The first-order valence-electron chi connectivity index (χ1n) is 9.35. The lowest BCUT2D eigenvalue weighted by Gasteiger charge is -2.65. The molecule has 142 valence electrons. The predicted molar refractivity (Wildman–Crippen MR) is 112 cm³/mol. The van der Waals surface area contributed by atoms with Gasteiger partial charge in [-0.15, -0.1) is 11.8 Å². The quantitative estimate of drug-likeness (QED) is 0.544. The third kappa shape index (κ3) is 3.60. The Morgan fingerprint density at radius 2 is 1.52 bits per heavy atom. The minimum absolute atomic E-state index is 0.0786. The van der Waals surface area contributed by atoms with Gasteiger partial charge in [-0.05, 0) is 74.4 Å². The monoisotopic (exact) mass is 382 g/mol. The summed E-state index contributed by atoms with van der Waals surface area (Å²) in [5, 5.41) is 0. The van der Waals surface area contributed by atoms with Gasteiger partial charge in [0.05, 0.1) is 0 Å². The SMILES string of the molecule is Cc1ccc(S[C@@H]2C(C)(C)N(C(C)C)[P@]2(=O)N(C(C)C)C(C)C)cc1. The van der Waals surface area contributed by atoms with Gasteiger partial charge in [0.1, 0.15) is 4.99 Å². The Morgan fingerprint density at radius 1 is 1.04 bits per heavy atom. The minimum atomic E-state index is -2.66. The number of thioether (sulfide) groups is 1. The first-order valence-corrected chi connectivity index (χ1v) is 11.9. The second kappa shape index (κ2) is 7.38. The van der Waals surface area contributed by atoms with E-state index < -0.39 is 7.44 Å². The molecule has 1 aliphatic rings. The normalized spacial score (nSPS) is 26.7. The molecule has 1 aromatic rings. The van der Waals surface area contributed by atoms with E-state index in [-0.39, 0.29) is 28.7 Å². The Labute approximate surface area is 159 Å². The molecule has 0 saturated carbocycles. The Bertz CT molecular complexity index is 615. The number of hydrogen-bond acceptors (Lipinski definition) is 2. The van der Waals surface area contributed by atoms with E-state index in [1.807, 2.05) is 0 Å². The molecule has 0 amide bonds. The molecule has 0 aromatic heterocycles. The van der Waals surface area contributed by atoms with Gasteiger partial charge in [-0.1, -0.05) is 17.7 Å². The van der Waals surface area contributed by atoms with Crippen molar-refractivity contribution in [3.05, 3.63) is 29.8 Å². The molecule has 1 aliphatic heterocycles. The number of nitrogens with zero attached hydrogens (tertiary/aromatic N) is 2. The molecule has 0 aliphatic carbocycles. The number of rotatable bonds is 6. The lowest BCUT2D eigenvalue weighted by Crippen LogP contribution is -2.67. The molecule has 3 nitrogen and oxygen atoms in total. The van der Waals surface area contributed by atoms with Crippen LogP contribution in [-0.2, 0) is 4.57 Å². The molecule has 25 heavy (non-hydrogen) atoms. The summed E-state index contributed by atoms with van der Waals surface area (Å²) in [6, 6.07) is 9.37. The number of hydrogen-bond donors (Lipinski definition) is 0. The van der Waals surface area contributed by atoms with Gasteiger partial charge in [-0.3, -0.25) is 4.57 Å². The highest BCUT2D eigenvalue weighted by Gasteiger charge is 2.67. The van der Waals surface area contributed by atoms with Gasteiger partial charge in [0.25, 0.3) is 0 Å². The van der Waals surface area contributed by atoms with Gasteiger partial charge in [-0.25, -0.2) is 9.34 Å². The van der Waals surface area contributed by atoms with Crippen LogP contribution < -0.4 is 0 Å². The largest absolute Gasteiger partial charge is 0.287 e. The van der Waals surface area contributed by atoms with E-state index >= 15 is 0 Å². The topological polar surface area (TPSA) is 23.6 Å². The van der Waals surface area contributed by atoms with Crippen molar-refractivity contribution in [1.82, 2.24) is 9.34 Å². The van der Waals surface area contributed by atoms with E-state index in [2.05, 4.69) is 95.9 Å². The van der Waals surface area contributed by atoms with E-state index in [4.69, 9.17) is 0 Å². The summed E-state index contributed by atoms with van der Waals surface area (Å²) < 4.78 is 19.0. The fraction of sp³-hybridized carbons (Fsp3) is 0.700. The van der Waals surface area contributed by atoms with Crippen molar-refractivity contribution in [3.8, 4) is 0 Å². The van der Waals surface area contributed by atoms with E-state index in [0.717, 1.165) is 0 Å². The summed E-state index contributed by atoms with van der Waals surface area (Å²) in [5.74, 6) is 0. The van der Waals surface area contributed by atoms with Gasteiger partial charge in [0, 0.05) is 28.6 Å². The van der Waals surface area contributed by atoms with E-state index in [9.17, 15) is 4.57 Å². The zero-order valence-corrected chi connectivity index (χ0v) is 19.0. The fourth-order valence-corrected chi connectivity index (χ4v) is 11.3. The lowest BCUT2D eigenvalue weighted by molar-refractivity contribution is 0.113. The van der Waals surface area contributed by atoms with Gasteiger partial charge < -0.3 is 0 Å². The van der Waals surface area contributed by atoms with Crippen LogP contribution in [0, 0.1) is 6.92 Å². The van der Waals surface area contributed by atoms with Crippen molar-refractivity contribution in [3.63, 3.8) is 0 Å². The maximum Gasteiger partial charge on any atom is 0.232 e. The highest BCUT2D eigenvalue weighted by atomic mass is 32.2. The van der Waals surface area contributed by atoms with Crippen LogP contribution in [-0.4, -0.2) is 38.0 Å². The van der Waals surface area contributed by atoms with Crippen molar-refractivity contribution >= 4 is 19.2 Å². The zero-order chi connectivity index (χ0) is 19.2. The second-order valence-corrected chi connectivity index (χ2v) is 12.6. The predicted octanol–water partition coefficient (Wildman–Crippen LogP) is 6.23. The molecule has 1 aromatic carbocycles. The van der Waals surface area contributed by atoms with Crippen LogP contribution in [0.5, 0.6) is 0 Å². The highest BCUT2D eigenvalue weighted by molar-refractivity contribution is 8.06. The van der Waals surface area contributed by atoms with Crippen molar-refractivity contribution in [2.45, 2.75) is 95.9 Å². The number of aryl methyl sites for hydroxylation is 1. The van der Waals surface area contributed by atoms with E-state index in [1.54, 1.807) is 11.8 Å². The highest BCUT2D eigenvalue weighted by Crippen LogP contribution is 2.77. The third-order valence-electron chi connectivity index (χ3n) is 4.96. The van der Waals surface area contributed by atoms with E-state index in [0.29, 0.717) is 0 Å². The molecule has 1 heterocycles. The summed E-state index contributed by atoms with van der Waals surface area (Å²) in [7, 11) is -2.66. The summed E-state index contributed by atoms with van der Waals surface area (Å²) in [4.78, 5) is 1.29. The molecule has 0 N–H and O–H groups in total. The van der Waals surface area contributed by atoms with Crippen molar-refractivity contribution in [1.29, 1.82) is 0 Å². The average Bonchev–Trinajstić information content (AvgIpc) is 2.44. The first-order chi connectivity index (χ1) is 11.4. The molecule has 0 unspecified atom stereocenters. The van der Waals surface area contributed by atoms with E-state index in [1.165, 1.54) is 10.5 Å². The first kappa shape index (κ1) is 21.0. The molecule has 0 radical (unpaired) electrons. The Balaban J connectivity index is 2.47. The molecular formula is C20H35N2OPS. The molecule has 0 spiro atoms.